The first-order chi connectivity index (χ1) is 3.55. The van der Waals surface area contributed by atoms with Crippen molar-refractivity contribution in [1.82, 2.24) is 6.15 Å². The van der Waals surface area contributed by atoms with E-state index in [1.807, 2.05) is 0 Å². The predicted molar refractivity (Wildman–Crippen MR) is 32.5 cm³/mol. The van der Waals surface area contributed by atoms with Gasteiger partial charge in [-0.3, -0.25) is 9.59 Å². The molecule has 0 bridgehead atoms. The Morgan fingerprint density at radius 2 is 1.78 bits per heavy atom. The smallest absolute Gasteiger partial charge is 0.313 e. The average Bonchev–Trinajstić information content (AvgIpc) is 1.64. The fourth-order valence-corrected chi connectivity index (χ4v) is 0.174. The number of carboxylic acids is 1. The van der Waals surface area contributed by atoms with E-state index in [0.29, 0.717) is 0 Å². The molecule has 0 amide bonds. The molecule has 1 atom stereocenters. The third-order valence-corrected chi connectivity index (χ3v) is 0.980. The lowest BCUT2D eigenvalue weighted by molar-refractivity contribution is -0.144. The average molecular weight is 133 g/mol. The summed E-state index contributed by atoms with van der Waals surface area (Å²) in [7, 11) is 0. The molecule has 0 rings (SSSR count). The van der Waals surface area contributed by atoms with Crippen LogP contribution in [0.25, 0.3) is 0 Å². The minimum absolute atomic E-state index is 0. The van der Waals surface area contributed by atoms with E-state index in [2.05, 4.69) is 0 Å². The summed E-state index contributed by atoms with van der Waals surface area (Å²) < 4.78 is 0. The van der Waals surface area contributed by atoms with Crippen molar-refractivity contribution in [1.29, 1.82) is 0 Å². The Balaban J connectivity index is 0. The molecule has 0 spiro atoms. The standard InChI is InChI=1S/C5H8O3.H3N/c1-3(4(2)6)5(7)8;/h3H,1-2H3,(H,7,8);1H3. The topological polar surface area (TPSA) is 89.4 Å². The first-order valence-electron chi connectivity index (χ1n) is 2.29. The van der Waals surface area contributed by atoms with E-state index in [0.717, 1.165) is 0 Å². The molecule has 4 nitrogen and oxygen atoms in total. The van der Waals surface area contributed by atoms with E-state index in [1.54, 1.807) is 0 Å². The molecule has 0 fully saturated rings. The molecule has 54 valence electrons. The van der Waals surface area contributed by atoms with E-state index < -0.39 is 11.9 Å². The van der Waals surface area contributed by atoms with Crippen LogP contribution in [0, 0.1) is 5.92 Å². The molecule has 0 aromatic carbocycles. The molecule has 0 saturated heterocycles. The number of carbonyl (C=O) groups is 2. The van der Waals surface area contributed by atoms with E-state index in [9.17, 15) is 9.59 Å². The summed E-state index contributed by atoms with van der Waals surface area (Å²) in [4.78, 5) is 20.1. The molecular formula is C5H11NO3. The second-order valence-corrected chi connectivity index (χ2v) is 1.67. The fourth-order valence-electron chi connectivity index (χ4n) is 0.174. The second-order valence-electron chi connectivity index (χ2n) is 1.67. The van der Waals surface area contributed by atoms with Crippen LogP contribution in [0.2, 0.25) is 0 Å². The predicted octanol–water partition coefficient (Wildman–Crippen LogP) is 0.458. The lowest BCUT2D eigenvalue weighted by Crippen LogP contribution is -2.16. The Hall–Kier alpha value is -0.900. The molecule has 1 unspecified atom stereocenters. The van der Waals surface area contributed by atoms with E-state index in [1.165, 1.54) is 13.8 Å². The molecule has 0 saturated carbocycles. The van der Waals surface area contributed by atoms with Crippen LogP contribution in [-0.4, -0.2) is 16.9 Å². The summed E-state index contributed by atoms with van der Waals surface area (Å²) in [6.07, 6.45) is 0. The van der Waals surface area contributed by atoms with Crippen LogP contribution in [0.4, 0.5) is 0 Å². The number of rotatable bonds is 2. The highest BCUT2D eigenvalue weighted by Crippen LogP contribution is 1.93. The zero-order chi connectivity index (χ0) is 6.73. The van der Waals surface area contributed by atoms with Gasteiger partial charge in [-0.15, -0.1) is 0 Å². The van der Waals surface area contributed by atoms with Gasteiger partial charge in [-0.2, -0.15) is 0 Å². The summed E-state index contributed by atoms with van der Waals surface area (Å²) in [5, 5.41) is 8.13. The van der Waals surface area contributed by atoms with E-state index in [-0.39, 0.29) is 11.9 Å². The molecular weight excluding hydrogens is 122 g/mol. The van der Waals surface area contributed by atoms with Crippen LogP contribution in [0.5, 0.6) is 0 Å². The summed E-state index contributed by atoms with van der Waals surface area (Å²) in [5.41, 5.74) is 0. The highest BCUT2D eigenvalue weighted by molar-refractivity contribution is 5.96. The van der Waals surface area contributed by atoms with Gasteiger partial charge in [0.25, 0.3) is 0 Å². The van der Waals surface area contributed by atoms with Crippen molar-refractivity contribution in [2.75, 3.05) is 0 Å². The van der Waals surface area contributed by atoms with Gasteiger partial charge in [0.05, 0.1) is 0 Å². The van der Waals surface area contributed by atoms with Crippen LogP contribution < -0.4 is 6.15 Å². The maximum absolute atomic E-state index is 10.2. The molecule has 0 aliphatic heterocycles. The number of hydrogen-bond acceptors (Lipinski definition) is 3. The number of carbonyl (C=O) groups excluding carboxylic acids is 1. The quantitative estimate of drug-likeness (QED) is 0.535. The zero-order valence-electron chi connectivity index (χ0n) is 5.55. The maximum Gasteiger partial charge on any atom is 0.313 e. The van der Waals surface area contributed by atoms with Gasteiger partial charge in [0.15, 0.2) is 0 Å². The zero-order valence-corrected chi connectivity index (χ0v) is 5.55. The van der Waals surface area contributed by atoms with Crippen molar-refractivity contribution >= 4 is 11.8 Å². The van der Waals surface area contributed by atoms with Crippen molar-refractivity contribution in [3.8, 4) is 0 Å². The Morgan fingerprint density at radius 3 is 1.78 bits per heavy atom. The summed E-state index contributed by atoms with van der Waals surface area (Å²) >= 11 is 0. The minimum Gasteiger partial charge on any atom is -0.481 e. The van der Waals surface area contributed by atoms with Gasteiger partial charge < -0.3 is 11.3 Å². The third kappa shape index (κ3) is 3.66. The molecule has 4 heteroatoms. The molecule has 0 radical (unpaired) electrons. The lowest BCUT2D eigenvalue weighted by atomic mass is 10.1. The van der Waals surface area contributed by atoms with Gasteiger partial charge in [-0.05, 0) is 13.8 Å². The number of aliphatic carboxylic acids is 1. The molecule has 0 aliphatic carbocycles. The first-order valence-corrected chi connectivity index (χ1v) is 2.29. The summed E-state index contributed by atoms with van der Waals surface area (Å²) in [6.45, 7) is 2.63. The highest BCUT2D eigenvalue weighted by atomic mass is 16.4. The third-order valence-electron chi connectivity index (χ3n) is 0.980. The van der Waals surface area contributed by atoms with Crippen LogP contribution in [0.15, 0.2) is 0 Å². The van der Waals surface area contributed by atoms with Gasteiger partial charge in [0.1, 0.15) is 11.7 Å². The largest absolute Gasteiger partial charge is 0.481 e. The molecule has 9 heavy (non-hydrogen) atoms. The summed E-state index contributed by atoms with van der Waals surface area (Å²) in [6, 6.07) is 0. The minimum atomic E-state index is -1.06. The molecule has 0 aromatic rings. The number of ketones is 1. The SMILES string of the molecule is CC(=O)C(C)C(=O)O.N. The van der Waals surface area contributed by atoms with Crippen LogP contribution in [-0.2, 0) is 9.59 Å². The van der Waals surface area contributed by atoms with Crippen LogP contribution in [0.1, 0.15) is 13.8 Å². The van der Waals surface area contributed by atoms with Gasteiger partial charge in [0, 0.05) is 0 Å². The second kappa shape index (κ2) is 4.03. The number of Topliss-reactive ketones (excluding diaryl/α,β-unsaturated/α-hetero) is 1. The van der Waals surface area contributed by atoms with Crippen LogP contribution >= 0.6 is 0 Å². The fraction of sp³-hybridized carbons (Fsp3) is 0.600. The monoisotopic (exact) mass is 133 g/mol. The maximum atomic E-state index is 10.2. The van der Waals surface area contributed by atoms with E-state index >= 15 is 0 Å². The summed E-state index contributed by atoms with van der Waals surface area (Å²) in [5.74, 6) is -2.22. The van der Waals surface area contributed by atoms with Crippen molar-refractivity contribution in [3.63, 3.8) is 0 Å². The highest BCUT2D eigenvalue weighted by Gasteiger charge is 2.14. The van der Waals surface area contributed by atoms with Crippen molar-refractivity contribution in [3.05, 3.63) is 0 Å². The van der Waals surface area contributed by atoms with Crippen molar-refractivity contribution < 1.29 is 14.7 Å². The Kier molecular flexibility index (Phi) is 4.91. The Labute approximate surface area is 53.5 Å². The van der Waals surface area contributed by atoms with Crippen molar-refractivity contribution in [2.24, 2.45) is 5.92 Å². The van der Waals surface area contributed by atoms with E-state index in [4.69, 9.17) is 5.11 Å². The van der Waals surface area contributed by atoms with Crippen LogP contribution in [0.3, 0.4) is 0 Å². The van der Waals surface area contributed by atoms with Gasteiger partial charge >= 0.3 is 5.97 Å². The Bertz CT molecular complexity index is 107. The van der Waals surface area contributed by atoms with Gasteiger partial charge in [-0.1, -0.05) is 0 Å². The first kappa shape index (κ1) is 11.0. The van der Waals surface area contributed by atoms with Gasteiger partial charge in [0.2, 0.25) is 0 Å². The van der Waals surface area contributed by atoms with Gasteiger partial charge in [-0.25, -0.2) is 0 Å². The Morgan fingerprint density at radius 1 is 1.44 bits per heavy atom. The number of hydrogen-bond donors (Lipinski definition) is 2. The normalized spacial score (nSPS) is 11.3. The molecule has 0 heterocycles. The molecule has 0 aromatic heterocycles. The van der Waals surface area contributed by atoms with Crippen molar-refractivity contribution in [2.45, 2.75) is 13.8 Å². The molecule has 4 N–H and O–H groups in total. The lowest BCUT2D eigenvalue weighted by Gasteiger charge is -1.96. The molecule has 0 aliphatic rings. The number of carboxylic acid groups (broad SMARTS) is 1.